The molecule has 12 aromatic rings. The van der Waals surface area contributed by atoms with Gasteiger partial charge in [0, 0.05) is 32.9 Å². The molecular weight excluding hydrogens is 777 g/mol. The van der Waals surface area contributed by atoms with Crippen LogP contribution >= 0.6 is 0 Å². The highest BCUT2D eigenvalue weighted by atomic mass is 28.3. The Morgan fingerprint density at radius 2 is 0.683 bits per heavy atom. The van der Waals surface area contributed by atoms with E-state index < -0.39 is 8.07 Å². The van der Waals surface area contributed by atoms with Crippen molar-refractivity contribution in [3.63, 3.8) is 0 Å². The average Bonchev–Trinajstić information content (AvgIpc) is 3.88. The molecule has 3 heteroatoms. The van der Waals surface area contributed by atoms with Gasteiger partial charge in [-0.05, 0) is 91.5 Å². The van der Waals surface area contributed by atoms with Crippen molar-refractivity contribution in [3.05, 3.63) is 255 Å². The van der Waals surface area contributed by atoms with Crippen LogP contribution in [-0.2, 0) is 0 Å². The first kappa shape index (κ1) is 36.8. The van der Waals surface area contributed by atoms with Crippen LogP contribution in [0.25, 0.3) is 77.2 Å². The van der Waals surface area contributed by atoms with Crippen molar-refractivity contribution in [2.45, 2.75) is 0 Å². The maximum Gasteiger partial charge on any atom is 0.181 e. The van der Waals surface area contributed by atoms with Gasteiger partial charge in [-0.1, -0.05) is 206 Å². The molecule has 10 aromatic carbocycles. The van der Waals surface area contributed by atoms with Gasteiger partial charge in [-0.3, -0.25) is 0 Å². The van der Waals surface area contributed by atoms with Crippen molar-refractivity contribution >= 4 is 72.4 Å². The monoisotopic (exact) mass is 818 g/mol. The highest BCUT2D eigenvalue weighted by molar-refractivity contribution is 7.20. The Morgan fingerprint density at radius 3 is 1.29 bits per heavy atom. The Balaban J connectivity index is 1.16. The SMILES string of the molecule is c1ccc(-c2ccc(-n3c4ccc(-c5ccccc5)cc4c4cc(-n5c6ccccc6c6cccc([Si](c7ccccc7)(c7ccccc7)c7ccccc7)c65)ccc43)cc2)cc1. The quantitative estimate of drug-likeness (QED) is 0.107. The first-order valence-electron chi connectivity index (χ1n) is 21.8. The molecule has 0 fully saturated rings. The van der Waals surface area contributed by atoms with Crippen LogP contribution in [-0.4, -0.2) is 17.2 Å². The minimum absolute atomic E-state index is 1.14. The van der Waals surface area contributed by atoms with E-state index in [2.05, 4.69) is 264 Å². The largest absolute Gasteiger partial charge is 0.309 e. The Labute approximate surface area is 368 Å². The van der Waals surface area contributed by atoms with Crippen molar-refractivity contribution in [2.75, 3.05) is 0 Å². The van der Waals surface area contributed by atoms with Crippen molar-refractivity contribution in [1.29, 1.82) is 0 Å². The third-order valence-corrected chi connectivity index (χ3v) is 17.9. The summed E-state index contributed by atoms with van der Waals surface area (Å²) in [5, 5.41) is 10.4. The van der Waals surface area contributed by atoms with Gasteiger partial charge in [0.05, 0.1) is 22.1 Å². The third-order valence-electron chi connectivity index (χ3n) is 13.1. The lowest BCUT2D eigenvalue weighted by molar-refractivity contribution is 1.17. The molecule has 0 unspecified atom stereocenters. The summed E-state index contributed by atoms with van der Waals surface area (Å²) >= 11 is 0. The number of fused-ring (bicyclic) bond motifs is 6. The van der Waals surface area contributed by atoms with Gasteiger partial charge in [-0.25, -0.2) is 0 Å². The lowest BCUT2D eigenvalue weighted by atomic mass is 10.0. The fourth-order valence-electron chi connectivity index (χ4n) is 10.3. The number of aromatic nitrogens is 2. The molecule has 0 spiro atoms. The van der Waals surface area contributed by atoms with E-state index in [0.29, 0.717) is 0 Å². The number of para-hydroxylation sites is 2. The van der Waals surface area contributed by atoms with E-state index in [0.717, 1.165) is 11.4 Å². The van der Waals surface area contributed by atoms with Gasteiger partial charge in [-0.2, -0.15) is 0 Å². The molecule has 0 bridgehead atoms. The van der Waals surface area contributed by atoms with Crippen LogP contribution in [0.1, 0.15) is 0 Å². The lowest BCUT2D eigenvalue weighted by Gasteiger charge is -2.35. The molecule has 0 N–H and O–H groups in total. The predicted molar refractivity (Wildman–Crippen MR) is 270 cm³/mol. The molecule has 0 atom stereocenters. The van der Waals surface area contributed by atoms with E-state index in [-0.39, 0.29) is 0 Å². The molecular formula is C60H42N2Si. The maximum absolute atomic E-state index is 2.93. The van der Waals surface area contributed by atoms with E-state index in [1.165, 1.54) is 86.6 Å². The summed E-state index contributed by atoms with van der Waals surface area (Å²) < 4.78 is 5.00. The molecule has 296 valence electrons. The van der Waals surface area contributed by atoms with E-state index in [1.54, 1.807) is 0 Å². The number of hydrogen-bond donors (Lipinski definition) is 0. The molecule has 0 saturated carbocycles. The molecule has 0 saturated heterocycles. The third kappa shape index (κ3) is 5.93. The molecule has 0 aliphatic rings. The summed E-state index contributed by atoms with van der Waals surface area (Å²) in [4.78, 5) is 0. The standard InChI is InChI=1S/C60H42N2Si/c1-6-19-43(20-7-1)45-33-36-47(37-34-45)61-57-39-35-46(44-21-8-2-9-22-44)41-54(57)55-42-48(38-40-58(55)61)62-56-31-17-16-29-52(56)53-30-18-32-59(60(53)62)63(49-23-10-3-11-24-49,50-25-12-4-13-26-50)51-27-14-5-15-28-51/h1-42H. The number of benzene rings is 10. The molecule has 0 aliphatic carbocycles. The summed E-state index contributed by atoms with van der Waals surface area (Å²) in [6.45, 7) is 0. The Hall–Kier alpha value is -7.98. The molecule has 0 aliphatic heterocycles. The molecule has 0 amide bonds. The Morgan fingerprint density at radius 1 is 0.254 bits per heavy atom. The van der Waals surface area contributed by atoms with Crippen LogP contribution in [0.4, 0.5) is 0 Å². The summed E-state index contributed by atoms with van der Waals surface area (Å²) in [6, 6.07) is 94.3. The minimum Gasteiger partial charge on any atom is -0.309 e. The number of nitrogens with zero attached hydrogens (tertiary/aromatic N) is 2. The van der Waals surface area contributed by atoms with Gasteiger partial charge < -0.3 is 9.13 Å². The first-order chi connectivity index (χ1) is 31.3. The van der Waals surface area contributed by atoms with Gasteiger partial charge in [0.2, 0.25) is 0 Å². The van der Waals surface area contributed by atoms with Crippen molar-refractivity contribution in [3.8, 4) is 33.6 Å². The molecule has 63 heavy (non-hydrogen) atoms. The van der Waals surface area contributed by atoms with Crippen molar-refractivity contribution in [2.24, 2.45) is 0 Å². The summed E-state index contributed by atoms with van der Waals surface area (Å²) in [7, 11) is -2.93. The molecule has 2 aromatic heterocycles. The number of hydrogen-bond acceptors (Lipinski definition) is 0. The zero-order valence-corrected chi connectivity index (χ0v) is 35.6. The normalized spacial score (nSPS) is 11.8. The Kier molecular flexibility index (Phi) is 8.87. The van der Waals surface area contributed by atoms with Crippen LogP contribution < -0.4 is 20.7 Å². The van der Waals surface area contributed by atoms with E-state index in [4.69, 9.17) is 0 Å². The fourth-order valence-corrected chi connectivity index (χ4v) is 15.3. The maximum atomic E-state index is 2.56. The van der Waals surface area contributed by atoms with Gasteiger partial charge in [0.15, 0.2) is 8.07 Å². The second kappa shape index (κ2) is 15.2. The van der Waals surface area contributed by atoms with Crippen LogP contribution in [0.3, 0.4) is 0 Å². The van der Waals surface area contributed by atoms with E-state index >= 15 is 0 Å². The van der Waals surface area contributed by atoms with Crippen LogP contribution in [0.15, 0.2) is 255 Å². The summed E-state index contributed by atoms with van der Waals surface area (Å²) in [5.74, 6) is 0. The van der Waals surface area contributed by atoms with Crippen LogP contribution in [0.2, 0.25) is 0 Å². The predicted octanol–water partition coefficient (Wildman–Crippen LogP) is 12.6. The highest BCUT2D eigenvalue weighted by Gasteiger charge is 2.43. The highest BCUT2D eigenvalue weighted by Crippen LogP contribution is 2.39. The fraction of sp³-hybridized carbons (Fsp3) is 0. The van der Waals surface area contributed by atoms with Gasteiger partial charge in [0.25, 0.3) is 0 Å². The topological polar surface area (TPSA) is 9.86 Å². The molecule has 2 nitrogen and oxygen atoms in total. The molecule has 2 heterocycles. The second-order valence-corrected chi connectivity index (χ2v) is 20.2. The van der Waals surface area contributed by atoms with Crippen molar-refractivity contribution in [1.82, 2.24) is 9.13 Å². The summed E-state index contributed by atoms with van der Waals surface area (Å²) in [6.07, 6.45) is 0. The van der Waals surface area contributed by atoms with Gasteiger partial charge >= 0.3 is 0 Å². The summed E-state index contributed by atoms with van der Waals surface area (Å²) in [5.41, 5.74) is 11.9. The smallest absolute Gasteiger partial charge is 0.181 e. The second-order valence-electron chi connectivity index (χ2n) is 16.5. The Bertz CT molecular complexity index is 3480. The van der Waals surface area contributed by atoms with Crippen LogP contribution in [0.5, 0.6) is 0 Å². The van der Waals surface area contributed by atoms with E-state index in [1.807, 2.05) is 0 Å². The van der Waals surface area contributed by atoms with E-state index in [9.17, 15) is 0 Å². The lowest BCUT2D eigenvalue weighted by Crippen LogP contribution is -2.75. The van der Waals surface area contributed by atoms with Crippen LogP contribution in [0, 0.1) is 0 Å². The molecule has 0 radical (unpaired) electrons. The average molecular weight is 819 g/mol. The van der Waals surface area contributed by atoms with Crippen molar-refractivity contribution < 1.29 is 0 Å². The minimum atomic E-state index is -2.93. The molecule has 12 rings (SSSR count). The zero-order valence-electron chi connectivity index (χ0n) is 34.6. The van der Waals surface area contributed by atoms with Gasteiger partial charge in [0.1, 0.15) is 0 Å². The first-order valence-corrected chi connectivity index (χ1v) is 23.8. The number of rotatable bonds is 8. The zero-order chi connectivity index (χ0) is 41.7. The van der Waals surface area contributed by atoms with Gasteiger partial charge in [-0.15, -0.1) is 0 Å².